The molecule has 130 valence electrons. The van der Waals surface area contributed by atoms with Crippen LogP contribution in [0.3, 0.4) is 0 Å². The number of piperidine rings is 1. The number of hydrogen-bond donors (Lipinski definition) is 1. The molecule has 1 N–H and O–H groups in total. The van der Waals surface area contributed by atoms with E-state index in [1.54, 1.807) is 28.4 Å². The summed E-state index contributed by atoms with van der Waals surface area (Å²) in [6.07, 6.45) is 5.42. The lowest BCUT2D eigenvalue weighted by molar-refractivity contribution is 0.0925. The van der Waals surface area contributed by atoms with Crippen LogP contribution in [0, 0.1) is 6.92 Å². The molecule has 1 amide bonds. The summed E-state index contributed by atoms with van der Waals surface area (Å²) in [4.78, 5) is 23.4. The van der Waals surface area contributed by atoms with Gasteiger partial charge in [-0.2, -0.15) is 5.10 Å². The molecule has 0 radical (unpaired) electrons. The highest BCUT2D eigenvalue weighted by molar-refractivity contribution is 7.22. The molecule has 1 aliphatic rings. The molecule has 3 aromatic rings. The number of nitrogens with one attached hydrogen (secondary N) is 1. The first-order valence-corrected chi connectivity index (χ1v) is 9.19. The van der Waals surface area contributed by atoms with Gasteiger partial charge in [0.1, 0.15) is 11.2 Å². The number of pyridine rings is 1. The third kappa shape index (κ3) is 3.21. The van der Waals surface area contributed by atoms with Gasteiger partial charge in [0.15, 0.2) is 5.13 Å². The monoisotopic (exact) mass is 356 g/mol. The van der Waals surface area contributed by atoms with Gasteiger partial charge in [-0.3, -0.25) is 14.5 Å². The van der Waals surface area contributed by atoms with E-state index in [9.17, 15) is 4.79 Å². The van der Waals surface area contributed by atoms with E-state index in [2.05, 4.69) is 25.3 Å². The van der Waals surface area contributed by atoms with Crippen LogP contribution in [0.25, 0.3) is 10.2 Å². The van der Waals surface area contributed by atoms with E-state index in [1.807, 2.05) is 26.1 Å². The molecule has 25 heavy (non-hydrogen) atoms. The van der Waals surface area contributed by atoms with E-state index in [0.717, 1.165) is 47.0 Å². The van der Waals surface area contributed by atoms with E-state index in [0.29, 0.717) is 5.69 Å². The Morgan fingerprint density at radius 3 is 2.84 bits per heavy atom. The fraction of sp³-hybridized carbons (Fsp3) is 0.412. The van der Waals surface area contributed by atoms with Crippen LogP contribution in [0.2, 0.25) is 0 Å². The highest BCUT2D eigenvalue weighted by atomic mass is 32.1. The highest BCUT2D eigenvalue weighted by Gasteiger charge is 2.24. The summed E-state index contributed by atoms with van der Waals surface area (Å²) in [5.41, 5.74) is 2.41. The molecule has 0 unspecified atom stereocenters. The summed E-state index contributed by atoms with van der Waals surface area (Å²) in [6.45, 7) is 3.72. The maximum Gasteiger partial charge on any atom is 0.272 e. The first kappa shape index (κ1) is 16.0. The summed E-state index contributed by atoms with van der Waals surface area (Å²) in [5, 5.41) is 8.38. The number of rotatable bonds is 3. The van der Waals surface area contributed by atoms with Crippen LogP contribution in [-0.4, -0.2) is 44.8 Å². The number of aromatic nitrogens is 4. The van der Waals surface area contributed by atoms with Gasteiger partial charge in [0.2, 0.25) is 0 Å². The van der Waals surface area contributed by atoms with Crippen LogP contribution >= 0.6 is 11.3 Å². The van der Waals surface area contributed by atoms with Gasteiger partial charge in [0.05, 0.1) is 10.9 Å². The Kier molecular flexibility index (Phi) is 4.12. The van der Waals surface area contributed by atoms with Crippen LogP contribution in [-0.2, 0) is 7.05 Å². The van der Waals surface area contributed by atoms with Crippen molar-refractivity contribution in [3.63, 3.8) is 0 Å². The standard InChI is InChI=1S/C17H20N6OS/c1-11-9-13(21-22(11)2)16(24)19-12-4-7-23(8-5-12)17-20-14-10-18-6-3-15(14)25-17/h3,6,9-10,12H,4-5,7-8H2,1-2H3,(H,19,24). The van der Waals surface area contributed by atoms with E-state index in [4.69, 9.17) is 0 Å². The average Bonchev–Trinajstić information content (AvgIpc) is 3.19. The molecular weight excluding hydrogens is 336 g/mol. The molecule has 1 saturated heterocycles. The number of carbonyl (C=O) groups is 1. The fourth-order valence-electron chi connectivity index (χ4n) is 3.05. The summed E-state index contributed by atoms with van der Waals surface area (Å²) >= 11 is 1.69. The number of amides is 1. The van der Waals surface area contributed by atoms with Gasteiger partial charge in [-0.05, 0) is 31.9 Å². The smallest absolute Gasteiger partial charge is 0.272 e. The molecule has 3 aromatic heterocycles. The first-order chi connectivity index (χ1) is 12.1. The Morgan fingerprint density at radius 2 is 2.16 bits per heavy atom. The third-order valence-corrected chi connectivity index (χ3v) is 5.72. The van der Waals surface area contributed by atoms with Gasteiger partial charge < -0.3 is 10.2 Å². The van der Waals surface area contributed by atoms with Crippen LogP contribution in [0.5, 0.6) is 0 Å². The molecule has 0 atom stereocenters. The largest absolute Gasteiger partial charge is 0.348 e. The Balaban J connectivity index is 1.37. The lowest BCUT2D eigenvalue weighted by Gasteiger charge is -2.31. The lowest BCUT2D eigenvalue weighted by Crippen LogP contribution is -2.44. The minimum Gasteiger partial charge on any atom is -0.348 e. The van der Waals surface area contributed by atoms with Gasteiger partial charge in [-0.1, -0.05) is 11.3 Å². The van der Waals surface area contributed by atoms with Gasteiger partial charge in [0, 0.05) is 38.1 Å². The van der Waals surface area contributed by atoms with E-state index in [-0.39, 0.29) is 11.9 Å². The maximum absolute atomic E-state index is 12.3. The SMILES string of the molecule is Cc1cc(C(=O)NC2CCN(c3nc4cnccc4s3)CC2)nn1C. The molecule has 4 heterocycles. The molecule has 0 aromatic carbocycles. The van der Waals surface area contributed by atoms with Crippen molar-refractivity contribution in [3.05, 3.63) is 35.9 Å². The quantitative estimate of drug-likeness (QED) is 0.778. The minimum absolute atomic E-state index is 0.0896. The molecule has 1 fully saturated rings. The normalized spacial score (nSPS) is 15.7. The van der Waals surface area contributed by atoms with Crippen molar-refractivity contribution in [1.82, 2.24) is 25.1 Å². The molecule has 0 bridgehead atoms. The second kappa shape index (κ2) is 6.44. The number of carbonyl (C=O) groups excluding carboxylic acids is 1. The number of hydrogen-bond acceptors (Lipinski definition) is 6. The average molecular weight is 356 g/mol. The van der Waals surface area contributed by atoms with Crippen molar-refractivity contribution in [2.75, 3.05) is 18.0 Å². The Morgan fingerprint density at radius 1 is 1.36 bits per heavy atom. The summed E-state index contributed by atoms with van der Waals surface area (Å²) < 4.78 is 2.88. The van der Waals surface area contributed by atoms with Crippen molar-refractivity contribution in [2.45, 2.75) is 25.8 Å². The molecule has 4 rings (SSSR count). The van der Waals surface area contributed by atoms with Gasteiger partial charge in [0.25, 0.3) is 5.91 Å². The maximum atomic E-state index is 12.3. The van der Waals surface area contributed by atoms with E-state index < -0.39 is 0 Å². The van der Waals surface area contributed by atoms with Crippen molar-refractivity contribution in [2.24, 2.45) is 7.05 Å². The lowest BCUT2D eigenvalue weighted by atomic mass is 10.1. The Labute approximate surface area is 149 Å². The van der Waals surface area contributed by atoms with E-state index >= 15 is 0 Å². The number of thiazole rings is 1. The first-order valence-electron chi connectivity index (χ1n) is 8.37. The number of aryl methyl sites for hydroxylation is 2. The van der Waals surface area contributed by atoms with E-state index in [1.165, 1.54) is 0 Å². The van der Waals surface area contributed by atoms with Crippen LogP contribution in [0.15, 0.2) is 24.5 Å². The topological polar surface area (TPSA) is 75.9 Å². The zero-order valence-electron chi connectivity index (χ0n) is 14.3. The van der Waals surface area contributed by atoms with Crippen LogP contribution < -0.4 is 10.2 Å². The van der Waals surface area contributed by atoms with Crippen molar-refractivity contribution < 1.29 is 4.79 Å². The molecule has 0 saturated carbocycles. The minimum atomic E-state index is -0.0896. The number of anilines is 1. The summed E-state index contributed by atoms with van der Waals surface area (Å²) in [5.74, 6) is -0.0896. The number of fused-ring (bicyclic) bond motifs is 1. The molecule has 0 spiro atoms. The molecular formula is C17H20N6OS. The van der Waals surface area contributed by atoms with Crippen LogP contribution in [0.4, 0.5) is 5.13 Å². The predicted octanol–water partition coefficient (Wildman–Crippen LogP) is 2.13. The van der Waals surface area contributed by atoms with Gasteiger partial charge in [-0.25, -0.2) is 4.98 Å². The zero-order valence-corrected chi connectivity index (χ0v) is 15.1. The summed E-state index contributed by atoms with van der Waals surface area (Å²) in [6, 6.07) is 4.00. The predicted molar refractivity (Wildman–Crippen MR) is 98.1 cm³/mol. The number of nitrogens with zero attached hydrogens (tertiary/aromatic N) is 5. The second-order valence-corrected chi connectivity index (χ2v) is 7.38. The van der Waals surface area contributed by atoms with Gasteiger partial charge in [-0.15, -0.1) is 0 Å². The van der Waals surface area contributed by atoms with Gasteiger partial charge >= 0.3 is 0 Å². The highest BCUT2D eigenvalue weighted by Crippen LogP contribution is 2.29. The fourth-order valence-corrected chi connectivity index (χ4v) is 4.03. The van der Waals surface area contributed by atoms with Crippen molar-refractivity contribution >= 4 is 32.6 Å². The second-order valence-electron chi connectivity index (χ2n) is 6.37. The molecule has 8 heteroatoms. The van der Waals surface area contributed by atoms with Crippen LogP contribution in [0.1, 0.15) is 29.0 Å². The van der Waals surface area contributed by atoms with Crippen molar-refractivity contribution in [3.8, 4) is 0 Å². The summed E-state index contributed by atoms with van der Waals surface area (Å²) in [7, 11) is 1.85. The molecule has 7 nitrogen and oxygen atoms in total. The molecule has 0 aliphatic carbocycles. The Hall–Kier alpha value is -2.48. The zero-order chi connectivity index (χ0) is 17.4. The third-order valence-electron chi connectivity index (χ3n) is 4.63. The van der Waals surface area contributed by atoms with Crippen molar-refractivity contribution in [1.29, 1.82) is 0 Å². The molecule has 1 aliphatic heterocycles. The Bertz CT molecular complexity index is 856.